The molecule has 2 fully saturated rings. The Bertz CT molecular complexity index is 229. The van der Waals surface area contributed by atoms with Crippen molar-refractivity contribution in [1.29, 1.82) is 0 Å². The Kier molecular flexibility index (Phi) is 4.48. The van der Waals surface area contributed by atoms with Gasteiger partial charge in [-0.2, -0.15) is 0 Å². The zero-order valence-electron chi connectivity index (χ0n) is 11.8. The van der Waals surface area contributed by atoms with E-state index in [9.17, 15) is 0 Å². The van der Waals surface area contributed by atoms with E-state index in [0.29, 0.717) is 0 Å². The van der Waals surface area contributed by atoms with Gasteiger partial charge in [-0.1, -0.05) is 26.7 Å². The molecule has 1 heterocycles. The summed E-state index contributed by atoms with van der Waals surface area (Å²) in [5.74, 6) is 0.982. The van der Waals surface area contributed by atoms with Gasteiger partial charge < -0.3 is 5.73 Å². The highest BCUT2D eigenvalue weighted by atomic mass is 15.2. The Morgan fingerprint density at radius 1 is 1.06 bits per heavy atom. The van der Waals surface area contributed by atoms with Crippen molar-refractivity contribution in [3.63, 3.8) is 0 Å². The summed E-state index contributed by atoms with van der Waals surface area (Å²) < 4.78 is 0. The lowest BCUT2D eigenvalue weighted by molar-refractivity contribution is 0.146. The average molecular weight is 238 g/mol. The summed E-state index contributed by atoms with van der Waals surface area (Å²) in [6.45, 7) is 6.90. The van der Waals surface area contributed by atoms with Gasteiger partial charge in [-0.15, -0.1) is 0 Å². The van der Waals surface area contributed by atoms with Crippen molar-refractivity contribution < 1.29 is 0 Å². The van der Waals surface area contributed by atoms with Crippen LogP contribution in [0.15, 0.2) is 0 Å². The number of nitrogens with two attached hydrogens (primary N) is 1. The van der Waals surface area contributed by atoms with Gasteiger partial charge >= 0.3 is 0 Å². The quantitative estimate of drug-likeness (QED) is 0.797. The van der Waals surface area contributed by atoms with Crippen LogP contribution < -0.4 is 5.73 Å². The average Bonchev–Trinajstić information content (AvgIpc) is 2.98. The van der Waals surface area contributed by atoms with Crippen LogP contribution in [0, 0.1) is 5.92 Å². The highest BCUT2D eigenvalue weighted by Gasteiger charge is 2.36. The van der Waals surface area contributed by atoms with E-state index in [2.05, 4.69) is 18.7 Å². The molecule has 1 aliphatic heterocycles. The van der Waals surface area contributed by atoms with E-state index in [-0.39, 0.29) is 5.54 Å². The van der Waals surface area contributed by atoms with Gasteiger partial charge in [0.05, 0.1) is 0 Å². The number of rotatable bonds is 5. The second-order valence-corrected chi connectivity index (χ2v) is 6.29. The van der Waals surface area contributed by atoms with Gasteiger partial charge in [0.1, 0.15) is 0 Å². The number of likely N-dealkylation sites (tertiary alicyclic amines) is 1. The Labute approximate surface area is 107 Å². The van der Waals surface area contributed by atoms with Crippen LogP contribution in [0.25, 0.3) is 0 Å². The van der Waals surface area contributed by atoms with Crippen LogP contribution in [0.5, 0.6) is 0 Å². The summed E-state index contributed by atoms with van der Waals surface area (Å²) in [4.78, 5) is 2.73. The highest BCUT2D eigenvalue weighted by Crippen LogP contribution is 2.36. The Balaban J connectivity index is 1.94. The Hall–Kier alpha value is -0.0800. The Morgan fingerprint density at radius 2 is 1.71 bits per heavy atom. The molecule has 100 valence electrons. The smallest absolute Gasteiger partial charge is 0.0278 e. The zero-order chi connectivity index (χ0) is 12.3. The first-order valence-corrected chi connectivity index (χ1v) is 7.71. The van der Waals surface area contributed by atoms with Crippen molar-refractivity contribution in [3.8, 4) is 0 Å². The minimum atomic E-state index is 0.0567. The van der Waals surface area contributed by atoms with E-state index in [1.165, 1.54) is 45.1 Å². The van der Waals surface area contributed by atoms with Crippen molar-refractivity contribution in [2.24, 2.45) is 11.7 Å². The molecule has 0 aromatic carbocycles. The molecule has 2 N–H and O–H groups in total. The third-order valence-electron chi connectivity index (χ3n) is 5.28. The second kappa shape index (κ2) is 5.71. The molecule has 1 aliphatic carbocycles. The molecule has 2 aliphatic rings. The summed E-state index contributed by atoms with van der Waals surface area (Å²) in [6.07, 6.45) is 10.9. The summed E-state index contributed by atoms with van der Waals surface area (Å²) in [6, 6.07) is 0.860. The maximum absolute atomic E-state index is 6.50. The third-order valence-corrected chi connectivity index (χ3v) is 5.28. The molecular formula is C15H30N2. The van der Waals surface area contributed by atoms with Crippen molar-refractivity contribution >= 4 is 0 Å². The van der Waals surface area contributed by atoms with E-state index in [0.717, 1.165) is 31.3 Å². The van der Waals surface area contributed by atoms with E-state index in [4.69, 9.17) is 5.73 Å². The topological polar surface area (TPSA) is 29.3 Å². The number of hydrogen-bond donors (Lipinski definition) is 1. The van der Waals surface area contributed by atoms with E-state index in [1.54, 1.807) is 0 Å². The van der Waals surface area contributed by atoms with Crippen LogP contribution in [0.3, 0.4) is 0 Å². The molecule has 1 atom stereocenters. The summed E-state index contributed by atoms with van der Waals surface area (Å²) in [5.41, 5.74) is 6.55. The van der Waals surface area contributed by atoms with Crippen molar-refractivity contribution in [3.05, 3.63) is 0 Å². The monoisotopic (exact) mass is 238 g/mol. The van der Waals surface area contributed by atoms with Gasteiger partial charge in [-0.05, 0) is 51.0 Å². The molecule has 1 unspecified atom stereocenters. The predicted molar refractivity (Wildman–Crippen MR) is 74.1 cm³/mol. The molecular weight excluding hydrogens is 208 g/mol. The first-order valence-electron chi connectivity index (χ1n) is 7.71. The molecule has 2 nitrogen and oxygen atoms in total. The van der Waals surface area contributed by atoms with Gasteiger partial charge in [0.25, 0.3) is 0 Å². The number of hydrogen-bond acceptors (Lipinski definition) is 2. The van der Waals surface area contributed by atoms with Gasteiger partial charge in [0.2, 0.25) is 0 Å². The lowest BCUT2D eigenvalue weighted by Gasteiger charge is -2.37. The normalized spacial score (nSPS) is 28.1. The minimum Gasteiger partial charge on any atom is -0.324 e. The molecule has 0 aromatic rings. The van der Waals surface area contributed by atoms with Gasteiger partial charge in [0.15, 0.2) is 0 Å². The molecule has 2 heteroatoms. The summed E-state index contributed by atoms with van der Waals surface area (Å²) in [7, 11) is 0. The maximum atomic E-state index is 6.50. The fourth-order valence-corrected chi connectivity index (χ4v) is 3.80. The summed E-state index contributed by atoms with van der Waals surface area (Å²) >= 11 is 0. The van der Waals surface area contributed by atoms with Crippen molar-refractivity contribution in [2.45, 2.75) is 76.8 Å². The Morgan fingerprint density at radius 3 is 2.29 bits per heavy atom. The molecule has 0 amide bonds. The van der Waals surface area contributed by atoms with Crippen LogP contribution in [0.1, 0.15) is 65.2 Å². The molecule has 0 aromatic heterocycles. The molecule has 0 spiro atoms. The van der Waals surface area contributed by atoms with Gasteiger partial charge in [-0.3, -0.25) is 4.90 Å². The molecule has 0 bridgehead atoms. The van der Waals surface area contributed by atoms with E-state index < -0.39 is 0 Å². The minimum absolute atomic E-state index is 0.0567. The fourth-order valence-electron chi connectivity index (χ4n) is 3.80. The second-order valence-electron chi connectivity index (χ2n) is 6.29. The standard InChI is InChI=1S/C15H30N2/c1-3-15(16,4-2)12-17-11-7-10-14(17)13-8-5-6-9-13/h13-14H,3-12,16H2,1-2H3. The molecule has 1 saturated carbocycles. The first kappa shape index (κ1) is 13.4. The molecule has 0 radical (unpaired) electrons. The first-order chi connectivity index (χ1) is 8.18. The lowest BCUT2D eigenvalue weighted by Crippen LogP contribution is -2.51. The highest BCUT2D eigenvalue weighted by molar-refractivity contribution is 4.93. The third kappa shape index (κ3) is 3.03. The fraction of sp³-hybridized carbons (Fsp3) is 1.00. The summed E-state index contributed by atoms with van der Waals surface area (Å²) in [5, 5.41) is 0. The largest absolute Gasteiger partial charge is 0.324 e. The van der Waals surface area contributed by atoms with Crippen LogP contribution in [0.4, 0.5) is 0 Å². The van der Waals surface area contributed by atoms with E-state index >= 15 is 0 Å². The predicted octanol–water partition coefficient (Wildman–Crippen LogP) is 3.16. The van der Waals surface area contributed by atoms with Gasteiger partial charge in [0, 0.05) is 18.1 Å². The number of nitrogens with zero attached hydrogens (tertiary/aromatic N) is 1. The van der Waals surface area contributed by atoms with Crippen LogP contribution in [-0.4, -0.2) is 29.6 Å². The maximum Gasteiger partial charge on any atom is 0.0278 e. The zero-order valence-corrected chi connectivity index (χ0v) is 11.8. The van der Waals surface area contributed by atoms with Crippen molar-refractivity contribution in [2.75, 3.05) is 13.1 Å². The van der Waals surface area contributed by atoms with Crippen LogP contribution in [-0.2, 0) is 0 Å². The SMILES string of the molecule is CCC(N)(CC)CN1CCCC1C1CCCC1. The van der Waals surface area contributed by atoms with Crippen LogP contribution >= 0.6 is 0 Å². The van der Waals surface area contributed by atoms with Crippen molar-refractivity contribution in [1.82, 2.24) is 4.90 Å². The van der Waals surface area contributed by atoms with Gasteiger partial charge in [-0.25, -0.2) is 0 Å². The van der Waals surface area contributed by atoms with Crippen LogP contribution in [0.2, 0.25) is 0 Å². The van der Waals surface area contributed by atoms with E-state index in [1.807, 2.05) is 0 Å². The molecule has 2 rings (SSSR count). The molecule has 17 heavy (non-hydrogen) atoms. The molecule has 1 saturated heterocycles. The lowest BCUT2D eigenvalue weighted by atomic mass is 9.91.